The lowest BCUT2D eigenvalue weighted by Gasteiger charge is -1.80. The van der Waals surface area contributed by atoms with Gasteiger partial charge in [-0.2, -0.15) is 0 Å². The summed E-state index contributed by atoms with van der Waals surface area (Å²) >= 11 is 5.84. The molecule has 0 N–H and O–H groups in total. The van der Waals surface area contributed by atoms with E-state index in [0.717, 1.165) is 11.3 Å². The lowest BCUT2D eigenvalue weighted by molar-refractivity contribution is -0.380. The first-order chi connectivity index (χ1) is 5.11. The lowest BCUT2D eigenvalue weighted by atomic mass is 10.5. The van der Waals surface area contributed by atoms with Gasteiger partial charge in [-0.25, -0.2) is 0 Å². The fourth-order valence-corrected chi connectivity index (χ4v) is 1.36. The van der Waals surface area contributed by atoms with Gasteiger partial charge in [0, 0.05) is 6.07 Å². The van der Waals surface area contributed by atoms with Gasteiger partial charge in [-0.15, -0.1) is 0 Å². The average molecular weight is 192 g/mol. The zero-order chi connectivity index (χ0) is 8.43. The molecule has 0 atom stereocenters. The van der Waals surface area contributed by atoms with Crippen molar-refractivity contribution in [3.63, 3.8) is 0 Å². The Morgan fingerprint density at radius 1 is 1.64 bits per heavy atom. The Labute approximate surface area is 70.6 Å². The molecule has 0 amide bonds. The van der Waals surface area contributed by atoms with Crippen LogP contribution in [-0.2, 0) is 0 Å². The number of hydrogen-bond donors (Lipinski definition) is 0. The molecule has 0 radical (unpaired) electrons. The molecular formula is C5H2ClNO3S. The molecule has 0 saturated heterocycles. The molecule has 0 unspecified atom stereocenters. The van der Waals surface area contributed by atoms with Gasteiger partial charge in [-0.3, -0.25) is 14.9 Å². The van der Waals surface area contributed by atoms with Gasteiger partial charge in [-0.05, 0) is 17.7 Å². The summed E-state index contributed by atoms with van der Waals surface area (Å²) in [6, 6.07) is 2.58. The van der Waals surface area contributed by atoms with E-state index in [-0.39, 0.29) is 9.88 Å². The molecule has 1 heterocycles. The summed E-state index contributed by atoms with van der Waals surface area (Å²) in [6.07, 6.45) is 0. The van der Waals surface area contributed by atoms with Crippen molar-refractivity contribution in [1.82, 2.24) is 0 Å². The molecule has 0 spiro atoms. The highest BCUT2D eigenvalue weighted by Gasteiger charge is 2.12. The standard InChI is InChI=1S/C5H2ClNO3S/c6-5(8)3-1-2-4(11-3)7(9)10/h1-2H. The van der Waals surface area contributed by atoms with E-state index in [9.17, 15) is 14.9 Å². The first-order valence-corrected chi connectivity index (χ1v) is 3.75. The Morgan fingerprint density at radius 3 is 2.55 bits per heavy atom. The topological polar surface area (TPSA) is 60.2 Å². The molecule has 58 valence electrons. The molecule has 1 aromatic rings. The Hall–Kier alpha value is -0.940. The van der Waals surface area contributed by atoms with E-state index in [1.54, 1.807) is 0 Å². The maximum atomic E-state index is 10.4. The van der Waals surface area contributed by atoms with Crippen LogP contribution in [0.4, 0.5) is 5.00 Å². The summed E-state index contributed by atoms with van der Waals surface area (Å²) in [5, 5.41) is 9.36. The first kappa shape index (κ1) is 8.16. The monoisotopic (exact) mass is 191 g/mol. The Bertz CT molecular complexity index is 280. The van der Waals surface area contributed by atoms with Gasteiger partial charge in [-0.1, -0.05) is 11.3 Å². The van der Waals surface area contributed by atoms with E-state index in [0.29, 0.717) is 0 Å². The molecule has 0 aliphatic heterocycles. The van der Waals surface area contributed by atoms with E-state index in [4.69, 9.17) is 11.6 Å². The van der Waals surface area contributed by atoms with Crippen molar-refractivity contribution in [3.8, 4) is 0 Å². The van der Waals surface area contributed by atoms with Crippen LogP contribution in [0.25, 0.3) is 0 Å². The molecule has 0 fully saturated rings. The van der Waals surface area contributed by atoms with Crippen molar-refractivity contribution in [3.05, 3.63) is 27.1 Å². The minimum Gasteiger partial charge on any atom is -0.275 e. The maximum absolute atomic E-state index is 10.4. The quantitative estimate of drug-likeness (QED) is 0.408. The SMILES string of the molecule is O=C(Cl)c1ccc([N+](=O)[O-])s1. The second-order valence-electron chi connectivity index (χ2n) is 1.67. The van der Waals surface area contributed by atoms with Gasteiger partial charge in [0.05, 0.1) is 9.80 Å². The van der Waals surface area contributed by atoms with Crippen molar-refractivity contribution < 1.29 is 9.72 Å². The zero-order valence-corrected chi connectivity index (χ0v) is 6.69. The third kappa shape index (κ3) is 1.75. The van der Waals surface area contributed by atoms with E-state index in [2.05, 4.69) is 0 Å². The number of nitro groups is 1. The van der Waals surface area contributed by atoms with Crippen molar-refractivity contribution in [2.75, 3.05) is 0 Å². The van der Waals surface area contributed by atoms with Crippen LogP contribution in [-0.4, -0.2) is 10.2 Å². The summed E-state index contributed by atoms with van der Waals surface area (Å²) in [5.74, 6) is 0. The number of hydrogen-bond acceptors (Lipinski definition) is 4. The predicted molar refractivity (Wildman–Crippen MR) is 41.2 cm³/mol. The summed E-state index contributed by atoms with van der Waals surface area (Å²) in [6.45, 7) is 0. The number of nitrogens with zero attached hydrogens (tertiary/aromatic N) is 1. The van der Waals surface area contributed by atoms with Crippen molar-refractivity contribution in [1.29, 1.82) is 0 Å². The van der Waals surface area contributed by atoms with Crippen LogP contribution >= 0.6 is 22.9 Å². The summed E-state index contributed by atoms with van der Waals surface area (Å²) in [5.41, 5.74) is 0. The molecule has 1 rings (SSSR count). The van der Waals surface area contributed by atoms with Crippen molar-refractivity contribution in [2.24, 2.45) is 0 Å². The molecule has 0 saturated carbocycles. The smallest absolute Gasteiger partial charge is 0.275 e. The fraction of sp³-hybridized carbons (Fsp3) is 0. The Balaban J connectivity index is 2.99. The van der Waals surface area contributed by atoms with Gasteiger partial charge in [0.2, 0.25) is 0 Å². The zero-order valence-electron chi connectivity index (χ0n) is 5.11. The molecule has 0 aliphatic carbocycles. The van der Waals surface area contributed by atoms with Crippen LogP contribution in [0.3, 0.4) is 0 Å². The summed E-state index contributed by atoms with van der Waals surface area (Å²) in [4.78, 5) is 20.2. The minimum absolute atomic E-state index is 0.0750. The number of carbonyl (C=O) groups excluding carboxylic acids is 1. The van der Waals surface area contributed by atoms with Crippen LogP contribution in [0.2, 0.25) is 0 Å². The van der Waals surface area contributed by atoms with Gasteiger partial charge < -0.3 is 0 Å². The molecular weight excluding hydrogens is 190 g/mol. The second kappa shape index (κ2) is 2.98. The van der Waals surface area contributed by atoms with Gasteiger partial charge in [0.1, 0.15) is 0 Å². The van der Waals surface area contributed by atoms with E-state index in [1.807, 2.05) is 0 Å². The van der Waals surface area contributed by atoms with Crippen LogP contribution in [0.1, 0.15) is 9.67 Å². The molecule has 0 bridgehead atoms. The van der Waals surface area contributed by atoms with E-state index in [1.165, 1.54) is 12.1 Å². The number of thiophene rings is 1. The van der Waals surface area contributed by atoms with Gasteiger partial charge in [0.25, 0.3) is 5.24 Å². The summed E-state index contributed by atoms with van der Waals surface area (Å²) in [7, 11) is 0. The fourth-order valence-electron chi connectivity index (χ4n) is 0.531. The minimum atomic E-state index is -0.664. The number of halogens is 1. The first-order valence-electron chi connectivity index (χ1n) is 2.55. The highest BCUT2D eigenvalue weighted by Crippen LogP contribution is 2.24. The normalized spacial score (nSPS) is 9.55. The van der Waals surface area contributed by atoms with E-state index >= 15 is 0 Å². The molecule has 11 heavy (non-hydrogen) atoms. The summed E-state index contributed by atoms with van der Waals surface area (Å²) < 4.78 is 0. The Kier molecular flexibility index (Phi) is 2.21. The molecule has 6 heteroatoms. The predicted octanol–water partition coefficient (Wildman–Crippen LogP) is 2.04. The lowest BCUT2D eigenvalue weighted by Crippen LogP contribution is -1.81. The molecule has 0 aliphatic rings. The highest BCUT2D eigenvalue weighted by atomic mass is 35.5. The largest absolute Gasteiger partial charge is 0.324 e. The van der Waals surface area contributed by atoms with Crippen LogP contribution < -0.4 is 0 Å². The van der Waals surface area contributed by atoms with Crippen LogP contribution in [0.5, 0.6) is 0 Å². The molecule has 4 nitrogen and oxygen atoms in total. The average Bonchev–Trinajstić information content (AvgIpc) is 2.33. The van der Waals surface area contributed by atoms with E-state index < -0.39 is 10.2 Å². The number of rotatable bonds is 2. The third-order valence-corrected chi connectivity index (χ3v) is 2.32. The second-order valence-corrected chi connectivity index (χ2v) is 3.07. The van der Waals surface area contributed by atoms with Gasteiger partial charge in [0.15, 0.2) is 0 Å². The van der Waals surface area contributed by atoms with Crippen LogP contribution in [0.15, 0.2) is 12.1 Å². The van der Waals surface area contributed by atoms with Crippen molar-refractivity contribution >= 4 is 33.2 Å². The van der Waals surface area contributed by atoms with Crippen molar-refractivity contribution in [2.45, 2.75) is 0 Å². The molecule has 0 aromatic carbocycles. The molecule has 1 aromatic heterocycles. The van der Waals surface area contributed by atoms with Crippen LogP contribution in [0, 0.1) is 10.1 Å². The maximum Gasteiger partial charge on any atom is 0.324 e. The Morgan fingerprint density at radius 2 is 2.27 bits per heavy atom. The number of carbonyl (C=O) groups is 1. The third-order valence-electron chi connectivity index (χ3n) is 0.965. The highest BCUT2D eigenvalue weighted by molar-refractivity contribution is 7.18. The van der Waals surface area contributed by atoms with Gasteiger partial charge >= 0.3 is 5.00 Å².